The second-order valence-electron chi connectivity index (χ2n) is 7.93. The molecule has 1 N–H and O–H groups in total. The molecule has 2 heteroatoms. The van der Waals surface area contributed by atoms with Crippen molar-refractivity contribution in [2.75, 3.05) is 13.7 Å². The molecule has 0 aromatic heterocycles. The van der Waals surface area contributed by atoms with Gasteiger partial charge in [-0.25, -0.2) is 0 Å². The number of fused-ring (bicyclic) bond motifs is 2. The fourth-order valence-corrected chi connectivity index (χ4v) is 5.71. The summed E-state index contributed by atoms with van der Waals surface area (Å²) in [6.45, 7) is 5.80. The van der Waals surface area contributed by atoms with Crippen LogP contribution in [0.15, 0.2) is 11.1 Å². The molecule has 4 unspecified atom stereocenters. The van der Waals surface area contributed by atoms with Gasteiger partial charge in [-0.15, -0.1) is 0 Å². The van der Waals surface area contributed by atoms with E-state index in [1.54, 1.807) is 11.1 Å². The first-order valence-corrected chi connectivity index (χ1v) is 8.38. The fraction of sp³-hybridized carbons (Fsp3) is 0.889. The molecule has 20 heavy (non-hydrogen) atoms. The van der Waals surface area contributed by atoms with Crippen molar-refractivity contribution in [3.8, 4) is 0 Å². The SMILES string of the molecule is COCC1(C)CCCC2(C)C3=C(CCC(O)C3)CCC12. The van der Waals surface area contributed by atoms with Gasteiger partial charge in [0.05, 0.1) is 12.7 Å². The van der Waals surface area contributed by atoms with Crippen molar-refractivity contribution in [3.05, 3.63) is 11.1 Å². The molecule has 0 aromatic rings. The lowest BCUT2D eigenvalue weighted by Crippen LogP contribution is -2.49. The lowest BCUT2D eigenvalue weighted by atomic mass is 9.48. The van der Waals surface area contributed by atoms with E-state index in [1.165, 1.54) is 32.1 Å². The van der Waals surface area contributed by atoms with Crippen LogP contribution in [-0.2, 0) is 4.74 Å². The molecule has 3 aliphatic carbocycles. The van der Waals surface area contributed by atoms with Gasteiger partial charge in [-0.2, -0.15) is 0 Å². The number of hydrogen-bond donors (Lipinski definition) is 1. The third kappa shape index (κ3) is 2.16. The van der Waals surface area contributed by atoms with Crippen molar-refractivity contribution in [2.45, 2.75) is 71.3 Å². The number of allylic oxidation sites excluding steroid dienone is 1. The van der Waals surface area contributed by atoms with Crippen LogP contribution in [0.1, 0.15) is 65.2 Å². The van der Waals surface area contributed by atoms with Gasteiger partial charge in [-0.3, -0.25) is 0 Å². The maximum absolute atomic E-state index is 10.1. The monoisotopic (exact) mass is 278 g/mol. The summed E-state index contributed by atoms with van der Waals surface area (Å²) < 4.78 is 5.57. The van der Waals surface area contributed by atoms with E-state index in [1.807, 2.05) is 7.11 Å². The average Bonchev–Trinajstić information content (AvgIpc) is 2.39. The van der Waals surface area contributed by atoms with Crippen molar-refractivity contribution in [2.24, 2.45) is 16.7 Å². The molecule has 0 aromatic carbocycles. The normalized spacial score (nSPS) is 45.0. The molecule has 4 atom stereocenters. The summed E-state index contributed by atoms with van der Waals surface area (Å²) in [5.74, 6) is 0.729. The van der Waals surface area contributed by atoms with E-state index in [9.17, 15) is 5.11 Å². The maximum atomic E-state index is 10.1. The van der Waals surface area contributed by atoms with Gasteiger partial charge in [0.15, 0.2) is 0 Å². The Morgan fingerprint density at radius 3 is 2.70 bits per heavy atom. The summed E-state index contributed by atoms with van der Waals surface area (Å²) in [7, 11) is 1.84. The molecule has 114 valence electrons. The number of ether oxygens (including phenoxy) is 1. The van der Waals surface area contributed by atoms with E-state index in [-0.39, 0.29) is 6.10 Å². The number of hydrogen-bond acceptors (Lipinski definition) is 2. The first-order valence-electron chi connectivity index (χ1n) is 8.38. The van der Waals surface area contributed by atoms with Gasteiger partial charge < -0.3 is 9.84 Å². The Morgan fingerprint density at radius 2 is 1.95 bits per heavy atom. The highest BCUT2D eigenvalue weighted by Gasteiger charge is 2.52. The quantitative estimate of drug-likeness (QED) is 0.771. The zero-order valence-electron chi connectivity index (χ0n) is 13.4. The van der Waals surface area contributed by atoms with E-state index in [2.05, 4.69) is 13.8 Å². The summed E-state index contributed by atoms with van der Waals surface area (Å²) in [6.07, 6.45) is 9.46. The van der Waals surface area contributed by atoms with E-state index in [0.717, 1.165) is 31.8 Å². The van der Waals surface area contributed by atoms with Crippen LogP contribution in [0.5, 0.6) is 0 Å². The van der Waals surface area contributed by atoms with Crippen LogP contribution in [-0.4, -0.2) is 24.9 Å². The van der Waals surface area contributed by atoms with E-state index < -0.39 is 0 Å². The number of methoxy groups -OCH3 is 1. The standard InChI is InChI=1S/C18H30O2/c1-17(12-20-3)9-4-10-18(2)15-11-14(19)7-5-13(15)6-8-16(17)18/h14,16,19H,4-12H2,1-3H3. The molecule has 3 aliphatic rings. The van der Waals surface area contributed by atoms with E-state index in [0.29, 0.717) is 10.8 Å². The Kier molecular flexibility index (Phi) is 3.75. The Balaban J connectivity index is 1.96. The van der Waals surface area contributed by atoms with Gasteiger partial charge in [0.25, 0.3) is 0 Å². The second-order valence-corrected chi connectivity index (χ2v) is 7.93. The van der Waals surface area contributed by atoms with Crippen molar-refractivity contribution >= 4 is 0 Å². The third-order valence-corrected chi connectivity index (χ3v) is 6.60. The van der Waals surface area contributed by atoms with Crippen molar-refractivity contribution < 1.29 is 9.84 Å². The minimum atomic E-state index is -0.0973. The van der Waals surface area contributed by atoms with Crippen LogP contribution >= 0.6 is 0 Å². The van der Waals surface area contributed by atoms with E-state index in [4.69, 9.17) is 4.74 Å². The molecule has 0 saturated heterocycles. The zero-order chi connectivity index (χ0) is 14.4. The van der Waals surface area contributed by atoms with Crippen LogP contribution in [0.25, 0.3) is 0 Å². The van der Waals surface area contributed by atoms with Gasteiger partial charge in [0.2, 0.25) is 0 Å². The fourth-order valence-electron chi connectivity index (χ4n) is 5.71. The molecule has 0 amide bonds. The number of rotatable bonds is 2. The molecule has 0 radical (unpaired) electrons. The van der Waals surface area contributed by atoms with Crippen LogP contribution < -0.4 is 0 Å². The van der Waals surface area contributed by atoms with Gasteiger partial charge in [-0.05, 0) is 61.7 Å². The van der Waals surface area contributed by atoms with Gasteiger partial charge in [-0.1, -0.05) is 31.4 Å². The van der Waals surface area contributed by atoms with Gasteiger partial charge in [0.1, 0.15) is 0 Å². The minimum absolute atomic E-state index is 0.0973. The number of aliphatic hydroxyl groups is 1. The summed E-state index contributed by atoms with van der Waals surface area (Å²) >= 11 is 0. The highest BCUT2D eigenvalue weighted by molar-refractivity contribution is 5.31. The minimum Gasteiger partial charge on any atom is -0.393 e. The molecular formula is C18H30O2. The largest absolute Gasteiger partial charge is 0.393 e. The maximum Gasteiger partial charge on any atom is 0.0580 e. The Bertz CT molecular complexity index is 410. The van der Waals surface area contributed by atoms with Gasteiger partial charge in [0, 0.05) is 7.11 Å². The first-order chi connectivity index (χ1) is 9.49. The zero-order valence-corrected chi connectivity index (χ0v) is 13.4. The highest BCUT2D eigenvalue weighted by Crippen LogP contribution is 2.61. The van der Waals surface area contributed by atoms with Crippen LogP contribution in [0.2, 0.25) is 0 Å². The molecule has 0 heterocycles. The highest BCUT2D eigenvalue weighted by atomic mass is 16.5. The predicted octanol–water partition coefficient (Wildman–Crippen LogP) is 4.08. The Hall–Kier alpha value is -0.340. The topological polar surface area (TPSA) is 29.5 Å². The molecular weight excluding hydrogens is 248 g/mol. The molecule has 2 nitrogen and oxygen atoms in total. The van der Waals surface area contributed by atoms with Crippen LogP contribution in [0.4, 0.5) is 0 Å². The summed E-state index contributed by atoms with van der Waals surface area (Å²) in [5.41, 5.74) is 3.97. The molecule has 0 aliphatic heterocycles. The second kappa shape index (κ2) is 5.14. The molecule has 0 bridgehead atoms. The summed E-state index contributed by atoms with van der Waals surface area (Å²) in [4.78, 5) is 0. The first kappa shape index (κ1) is 14.6. The lowest BCUT2D eigenvalue weighted by Gasteiger charge is -2.57. The smallest absolute Gasteiger partial charge is 0.0580 e. The molecule has 0 spiro atoms. The Labute approximate surface area is 123 Å². The average molecular weight is 278 g/mol. The van der Waals surface area contributed by atoms with E-state index >= 15 is 0 Å². The van der Waals surface area contributed by atoms with Crippen molar-refractivity contribution in [3.63, 3.8) is 0 Å². The molecule has 1 fully saturated rings. The van der Waals surface area contributed by atoms with Crippen LogP contribution in [0, 0.1) is 16.7 Å². The lowest BCUT2D eigenvalue weighted by molar-refractivity contribution is -0.0546. The van der Waals surface area contributed by atoms with Gasteiger partial charge >= 0.3 is 0 Å². The number of aliphatic hydroxyl groups excluding tert-OH is 1. The van der Waals surface area contributed by atoms with Crippen molar-refractivity contribution in [1.82, 2.24) is 0 Å². The molecule has 3 rings (SSSR count). The van der Waals surface area contributed by atoms with Crippen molar-refractivity contribution in [1.29, 1.82) is 0 Å². The summed E-state index contributed by atoms with van der Waals surface area (Å²) in [6, 6.07) is 0. The van der Waals surface area contributed by atoms with Crippen LogP contribution in [0.3, 0.4) is 0 Å². The summed E-state index contributed by atoms with van der Waals surface area (Å²) in [5, 5.41) is 10.1. The molecule has 1 saturated carbocycles. The third-order valence-electron chi connectivity index (χ3n) is 6.60. The predicted molar refractivity (Wildman–Crippen MR) is 81.5 cm³/mol. The Morgan fingerprint density at radius 1 is 1.20 bits per heavy atom.